The maximum atomic E-state index is 13.1. The van der Waals surface area contributed by atoms with E-state index >= 15 is 0 Å². The highest BCUT2D eigenvalue weighted by atomic mass is 35.5. The van der Waals surface area contributed by atoms with Gasteiger partial charge in [-0.05, 0) is 41.7 Å². The quantitative estimate of drug-likeness (QED) is 0.483. The Morgan fingerprint density at radius 2 is 2.36 bits per heavy atom. The van der Waals surface area contributed by atoms with Crippen molar-refractivity contribution in [1.82, 2.24) is 4.72 Å². The number of carbonyl (C=O) groups is 1. The van der Waals surface area contributed by atoms with Crippen LogP contribution in [0.2, 0.25) is 0 Å². The van der Waals surface area contributed by atoms with E-state index in [4.69, 9.17) is 16.9 Å². The third-order valence-electron chi connectivity index (χ3n) is 1.30. The van der Waals surface area contributed by atoms with Gasteiger partial charge in [0, 0.05) is 0 Å². The molecular formula is C8H4ClFN2OS. The molecule has 0 bridgehead atoms. The fourth-order valence-corrected chi connectivity index (χ4v) is 1.35. The minimum absolute atomic E-state index is 0.206. The molecule has 1 amide bonds. The summed E-state index contributed by atoms with van der Waals surface area (Å²) in [6, 6.07) is 5.73. The summed E-state index contributed by atoms with van der Waals surface area (Å²) in [5.41, 5.74) is 0.226. The molecule has 0 aliphatic carbocycles. The summed E-state index contributed by atoms with van der Waals surface area (Å²) in [7, 11) is 0. The van der Waals surface area contributed by atoms with Gasteiger partial charge in [-0.25, -0.2) is 4.39 Å². The Labute approximate surface area is 89.0 Å². The average molecular weight is 231 g/mol. The maximum Gasteiger partial charge on any atom is 0.323 e. The van der Waals surface area contributed by atoms with Crippen molar-refractivity contribution in [3.8, 4) is 6.07 Å². The summed E-state index contributed by atoms with van der Waals surface area (Å²) in [5.74, 6) is -0.570. The van der Waals surface area contributed by atoms with E-state index in [0.717, 1.165) is 18.0 Å². The lowest BCUT2D eigenvalue weighted by molar-refractivity contribution is 0.264. The number of amides is 1. The van der Waals surface area contributed by atoms with E-state index < -0.39 is 11.2 Å². The van der Waals surface area contributed by atoms with Gasteiger partial charge in [-0.15, -0.1) is 0 Å². The summed E-state index contributed by atoms with van der Waals surface area (Å²) in [4.78, 5) is 10.5. The van der Waals surface area contributed by atoms with Crippen molar-refractivity contribution >= 4 is 28.9 Å². The molecule has 0 saturated carbocycles. The van der Waals surface area contributed by atoms with Gasteiger partial charge < -0.3 is 0 Å². The molecule has 1 aromatic carbocycles. The van der Waals surface area contributed by atoms with Crippen molar-refractivity contribution < 1.29 is 9.18 Å². The van der Waals surface area contributed by atoms with Gasteiger partial charge in [0.05, 0.1) is 16.5 Å². The zero-order valence-corrected chi connectivity index (χ0v) is 8.32. The Balaban J connectivity index is 2.80. The van der Waals surface area contributed by atoms with Gasteiger partial charge in [0.1, 0.15) is 5.82 Å². The normalized spacial score (nSPS) is 9.21. The van der Waals surface area contributed by atoms with E-state index in [0.29, 0.717) is 0 Å². The first-order valence-corrected chi connectivity index (χ1v) is 4.65. The molecule has 6 heteroatoms. The third-order valence-corrected chi connectivity index (χ3v) is 2.35. The second-order valence-corrected chi connectivity index (χ2v) is 3.43. The number of rotatable bonds is 2. The standard InChI is InChI=1S/C8H4ClFN2OS/c9-8(13)12-14-7-2-1-5(4-11)3-6(7)10/h1-3H,(H,12,13). The van der Waals surface area contributed by atoms with Gasteiger partial charge >= 0.3 is 5.37 Å². The molecule has 0 fully saturated rings. The number of carbonyl (C=O) groups excluding carboxylic acids is 1. The van der Waals surface area contributed by atoms with Crippen LogP contribution in [0, 0.1) is 17.1 Å². The highest BCUT2D eigenvalue weighted by Gasteiger charge is 2.05. The van der Waals surface area contributed by atoms with E-state index in [1.165, 1.54) is 12.1 Å². The van der Waals surface area contributed by atoms with Crippen LogP contribution in [-0.2, 0) is 0 Å². The van der Waals surface area contributed by atoms with Gasteiger partial charge in [0.25, 0.3) is 0 Å². The summed E-state index contributed by atoms with van der Waals surface area (Å²) in [6.45, 7) is 0. The zero-order valence-electron chi connectivity index (χ0n) is 6.75. The first-order chi connectivity index (χ1) is 6.63. The van der Waals surface area contributed by atoms with Crippen molar-refractivity contribution in [2.24, 2.45) is 0 Å². The van der Waals surface area contributed by atoms with E-state index in [2.05, 4.69) is 4.72 Å². The molecule has 0 radical (unpaired) electrons. The van der Waals surface area contributed by atoms with Gasteiger partial charge in [0.2, 0.25) is 0 Å². The molecule has 3 nitrogen and oxygen atoms in total. The van der Waals surface area contributed by atoms with Gasteiger partial charge in [0.15, 0.2) is 0 Å². The van der Waals surface area contributed by atoms with Crippen LogP contribution in [0.1, 0.15) is 5.56 Å². The van der Waals surface area contributed by atoms with Crippen molar-refractivity contribution in [2.75, 3.05) is 0 Å². The van der Waals surface area contributed by atoms with E-state index in [1.54, 1.807) is 6.07 Å². The maximum absolute atomic E-state index is 13.1. The molecule has 1 rings (SSSR count). The molecule has 1 N–H and O–H groups in total. The Bertz CT molecular complexity index is 405. The minimum Gasteiger partial charge on any atom is -0.282 e. The monoisotopic (exact) mass is 230 g/mol. The molecule has 0 aliphatic heterocycles. The first kappa shape index (κ1) is 10.8. The number of hydrogen-bond donors (Lipinski definition) is 1. The number of hydrogen-bond acceptors (Lipinski definition) is 3. The topological polar surface area (TPSA) is 52.9 Å². The summed E-state index contributed by atoms with van der Waals surface area (Å²) in [6.07, 6.45) is 0. The molecule has 0 heterocycles. The highest BCUT2D eigenvalue weighted by molar-refractivity contribution is 7.98. The Morgan fingerprint density at radius 1 is 1.64 bits per heavy atom. The molecule has 0 saturated heterocycles. The first-order valence-electron chi connectivity index (χ1n) is 3.45. The van der Waals surface area contributed by atoms with Crippen LogP contribution in [0.4, 0.5) is 9.18 Å². The molecule has 1 aromatic rings. The lowest BCUT2D eigenvalue weighted by Gasteiger charge is -2.01. The van der Waals surface area contributed by atoms with Crippen LogP contribution in [0.15, 0.2) is 23.1 Å². The molecule has 0 aliphatic rings. The summed E-state index contributed by atoms with van der Waals surface area (Å²) < 4.78 is 15.3. The number of halogens is 2. The fourth-order valence-electron chi connectivity index (χ4n) is 0.748. The largest absolute Gasteiger partial charge is 0.323 e. The third kappa shape index (κ3) is 2.91. The summed E-state index contributed by atoms with van der Waals surface area (Å²) in [5, 5.41) is 7.68. The zero-order chi connectivity index (χ0) is 10.6. The van der Waals surface area contributed by atoms with Crippen LogP contribution in [0.25, 0.3) is 0 Å². The van der Waals surface area contributed by atoms with E-state index in [9.17, 15) is 9.18 Å². The van der Waals surface area contributed by atoms with E-state index in [1.807, 2.05) is 0 Å². The second kappa shape index (κ2) is 4.84. The molecule has 0 unspecified atom stereocenters. The Morgan fingerprint density at radius 3 is 2.86 bits per heavy atom. The lowest BCUT2D eigenvalue weighted by atomic mass is 10.2. The molecule has 0 spiro atoms. The fraction of sp³-hybridized carbons (Fsp3) is 0. The van der Waals surface area contributed by atoms with Crippen LogP contribution in [0.5, 0.6) is 0 Å². The molecule has 0 aromatic heterocycles. The predicted molar refractivity (Wildman–Crippen MR) is 51.4 cm³/mol. The number of nitriles is 1. The SMILES string of the molecule is N#Cc1ccc(SNC(=O)Cl)c(F)c1. The molecular weight excluding hydrogens is 227 g/mol. The van der Waals surface area contributed by atoms with Crippen molar-refractivity contribution in [1.29, 1.82) is 5.26 Å². The molecule has 14 heavy (non-hydrogen) atoms. The number of benzene rings is 1. The van der Waals surface area contributed by atoms with Crippen LogP contribution >= 0.6 is 23.5 Å². The predicted octanol–water partition coefficient (Wildman–Crippen LogP) is 2.65. The van der Waals surface area contributed by atoms with E-state index in [-0.39, 0.29) is 10.5 Å². The van der Waals surface area contributed by atoms with Gasteiger partial charge in [-0.3, -0.25) is 9.52 Å². The minimum atomic E-state index is -0.779. The number of nitrogens with zero attached hydrogens (tertiary/aromatic N) is 1. The smallest absolute Gasteiger partial charge is 0.282 e. The van der Waals surface area contributed by atoms with Gasteiger partial charge in [-0.1, -0.05) is 0 Å². The molecule has 0 atom stereocenters. The van der Waals surface area contributed by atoms with Gasteiger partial charge in [-0.2, -0.15) is 5.26 Å². The van der Waals surface area contributed by atoms with Crippen LogP contribution in [-0.4, -0.2) is 5.37 Å². The second-order valence-electron chi connectivity index (χ2n) is 2.23. The van der Waals surface area contributed by atoms with Crippen molar-refractivity contribution in [3.63, 3.8) is 0 Å². The van der Waals surface area contributed by atoms with Crippen molar-refractivity contribution in [3.05, 3.63) is 29.6 Å². The lowest BCUT2D eigenvalue weighted by Crippen LogP contribution is -2.05. The summed E-state index contributed by atoms with van der Waals surface area (Å²) >= 11 is 5.75. The number of nitrogens with one attached hydrogen (secondary N) is 1. The molecule has 72 valence electrons. The Kier molecular flexibility index (Phi) is 3.74. The highest BCUT2D eigenvalue weighted by Crippen LogP contribution is 2.20. The van der Waals surface area contributed by atoms with Crippen LogP contribution < -0.4 is 4.72 Å². The average Bonchev–Trinajstić information content (AvgIpc) is 2.15. The van der Waals surface area contributed by atoms with Crippen molar-refractivity contribution in [2.45, 2.75) is 4.90 Å². The Hall–Kier alpha value is -1.25. The van der Waals surface area contributed by atoms with Crippen LogP contribution in [0.3, 0.4) is 0 Å².